The van der Waals surface area contributed by atoms with Gasteiger partial charge in [-0.05, 0) is 193 Å². The van der Waals surface area contributed by atoms with E-state index in [4.69, 9.17) is 4.74 Å². The van der Waals surface area contributed by atoms with E-state index in [-0.39, 0.29) is 5.41 Å². The lowest BCUT2D eigenvalue weighted by Gasteiger charge is -2.34. The minimum Gasteiger partial charge on any atom is -0.493 e. The van der Waals surface area contributed by atoms with Crippen molar-refractivity contribution in [2.24, 2.45) is 5.92 Å². The molecule has 0 saturated carbocycles. The lowest BCUT2D eigenvalue weighted by molar-refractivity contribution is 0.232. The van der Waals surface area contributed by atoms with Crippen molar-refractivity contribution >= 4 is 61.8 Å². The molecule has 2 atom stereocenters. The van der Waals surface area contributed by atoms with Gasteiger partial charge in [-0.1, -0.05) is 240 Å². The van der Waals surface area contributed by atoms with Crippen molar-refractivity contribution in [1.29, 1.82) is 0 Å². The number of fused-ring (bicyclic) bond motifs is 7. The molecule has 3 heteroatoms. The average Bonchev–Trinajstić information content (AvgIpc) is 1.59. The van der Waals surface area contributed by atoms with Crippen LogP contribution in [0.15, 0.2) is 292 Å². The molecule has 14 rings (SSSR count). The molecule has 0 N–H and O–H groups in total. The van der Waals surface area contributed by atoms with Crippen LogP contribution in [0.2, 0.25) is 0 Å². The van der Waals surface area contributed by atoms with Crippen LogP contribution >= 0.6 is 0 Å². The highest BCUT2D eigenvalue weighted by molar-refractivity contribution is 6.11. The van der Waals surface area contributed by atoms with E-state index in [2.05, 4.69) is 309 Å². The van der Waals surface area contributed by atoms with Crippen LogP contribution in [-0.4, -0.2) is 11.2 Å². The summed E-state index contributed by atoms with van der Waals surface area (Å²) < 4.78 is 9.00. The van der Waals surface area contributed by atoms with Crippen LogP contribution in [0.5, 0.6) is 5.75 Å². The first-order chi connectivity index (χ1) is 42.5. The summed E-state index contributed by atoms with van der Waals surface area (Å²) in [6, 6.07) is 103. The molecule has 0 spiro atoms. The maximum atomic E-state index is 6.61. The van der Waals surface area contributed by atoms with Crippen molar-refractivity contribution in [3.05, 3.63) is 320 Å². The molecule has 0 amide bonds. The molecule has 1 aliphatic carbocycles. The average molecular weight is 1110 g/mol. The van der Waals surface area contributed by atoms with E-state index in [1.165, 1.54) is 93.8 Å². The molecular formula is C83H68N2O. The van der Waals surface area contributed by atoms with Gasteiger partial charge >= 0.3 is 0 Å². The predicted octanol–water partition coefficient (Wildman–Crippen LogP) is 22.7. The van der Waals surface area contributed by atoms with E-state index in [0.717, 1.165) is 71.7 Å². The molecule has 3 nitrogen and oxygen atoms in total. The van der Waals surface area contributed by atoms with Crippen LogP contribution in [0.1, 0.15) is 66.8 Å². The minimum absolute atomic E-state index is 0.340. The zero-order valence-corrected chi connectivity index (χ0v) is 48.7. The summed E-state index contributed by atoms with van der Waals surface area (Å²) in [7, 11) is 0. The van der Waals surface area contributed by atoms with Crippen molar-refractivity contribution in [1.82, 2.24) is 4.57 Å². The first-order valence-electron chi connectivity index (χ1n) is 30.5. The largest absolute Gasteiger partial charge is 0.493 e. The van der Waals surface area contributed by atoms with E-state index in [1.54, 1.807) is 0 Å². The highest BCUT2D eigenvalue weighted by Gasteiger charge is 2.44. The smallest absolute Gasteiger partial charge is 0.119 e. The molecule has 416 valence electrons. The second-order valence-corrected chi connectivity index (χ2v) is 23.1. The van der Waals surface area contributed by atoms with Gasteiger partial charge in [0, 0.05) is 38.9 Å². The fourth-order valence-electron chi connectivity index (χ4n) is 13.6. The van der Waals surface area contributed by atoms with Gasteiger partial charge in [-0.2, -0.15) is 0 Å². The minimum atomic E-state index is -0.340. The number of para-hydroxylation sites is 2. The quantitative estimate of drug-likeness (QED) is 0.0751. The van der Waals surface area contributed by atoms with Crippen molar-refractivity contribution in [3.63, 3.8) is 0 Å². The number of hydrogen-bond acceptors (Lipinski definition) is 2. The van der Waals surface area contributed by atoms with E-state index in [0.29, 0.717) is 12.5 Å². The molecule has 2 unspecified atom stereocenters. The number of anilines is 3. The zero-order chi connectivity index (χ0) is 58.0. The Hall–Kier alpha value is -10.2. The summed E-state index contributed by atoms with van der Waals surface area (Å²) in [5.74, 6) is 1.38. The van der Waals surface area contributed by atoms with E-state index >= 15 is 0 Å². The van der Waals surface area contributed by atoms with Crippen molar-refractivity contribution in [3.8, 4) is 55.9 Å². The first kappa shape index (κ1) is 53.8. The van der Waals surface area contributed by atoms with Crippen LogP contribution in [0.3, 0.4) is 0 Å². The number of nitrogens with zero attached hydrogens (tertiary/aromatic N) is 2. The van der Waals surface area contributed by atoms with E-state index in [1.807, 2.05) is 12.2 Å². The highest BCUT2D eigenvalue weighted by atomic mass is 16.5. The Labute approximate surface area is 506 Å². The van der Waals surface area contributed by atoms with Gasteiger partial charge in [0.05, 0.1) is 17.6 Å². The van der Waals surface area contributed by atoms with Crippen molar-refractivity contribution in [2.45, 2.75) is 44.4 Å². The maximum Gasteiger partial charge on any atom is 0.119 e. The summed E-state index contributed by atoms with van der Waals surface area (Å²) in [6.07, 6.45) is 9.13. The third-order valence-electron chi connectivity index (χ3n) is 18.2. The molecule has 0 fully saturated rings. The maximum absolute atomic E-state index is 6.61. The number of ether oxygens (including phenoxy) is 1. The SMILES string of the molecule is C=Cc1ccc(-c2ccc3cc(OCC(CC)CCCCC4(c5ccccc5)c5ccccc5-c5ccc(N(c6ccccc6)c6ccc(-c7ccc8c(c7)c7cc(-c9ccc(C=C)cc9)ccc7n8-c7ccccc7)cc6)cc54)ccc3c2)cc1. The topological polar surface area (TPSA) is 17.4 Å². The molecule has 13 aromatic rings. The van der Waals surface area contributed by atoms with E-state index < -0.39 is 0 Å². The fourth-order valence-corrected chi connectivity index (χ4v) is 13.6. The third-order valence-corrected chi connectivity index (χ3v) is 18.2. The molecular weight excluding hydrogens is 1040 g/mol. The molecule has 0 bridgehead atoms. The Balaban J connectivity index is 0.755. The summed E-state index contributed by atoms with van der Waals surface area (Å²) in [4.78, 5) is 2.44. The number of hydrogen-bond donors (Lipinski definition) is 0. The first-order valence-corrected chi connectivity index (χ1v) is 30.5. The van der Waals surface area contributed by atoms with Crippen molar-refractivity contribution < 1.29 is 4.74 Å². The van der Waals surface area contributed by atoms with Crippen LogP contribution in [-0.2, 0) is 5.41 Å². The highest BCUT2D eigenvalue weighted by Crippen LogP contribution is 2.56. The zero-order valence-electron chi connectivity index (χ0n) is 48.7. The van der Waals surface area contributed by atoms with Gasteiger partial charge in [0.25, 0.3) is 0 Å². The number of aromatic nitrogens is 1. The molecule has 86 heavy (non-hydrogen) atoms. The Bertz CT molecular complexity index is 4580. The molecule has 0 saturated heterocycles. The van der Waals surface area contributed by atoms with Gasteiger partial charge < -0.3 is 14.2 Å². The summed E-state index contributed by atoms with van der Waals surface area (Å²) in [5, 5.41) is 4.85. The Morgan fingerprint density at radius 1 is 0.442 bits per heavy atom. The second-order valence-electron chi connectivity index (χ2n) is 23.1. The Kier molecular flexibility index (Phi) is 14.7. The van der Waals surface area contributed by atoms with Crippen LogP contribution in [0.4, 0.5) is 17.1 Å². The molecule has 0 aliphatic heterocycles. The number of benzene rings is 12. The monoisotopic (exact) mass is 1110 g/mol. The number of rotatable bonds is 19. The Morgan fingerprint density at radius 2 is 0.953 bits per heavy atom. The van der Waals surface area contributed by atoms with Crippen LogP contribution in [0, 0.1) is 5.92 Å². The summed E-state index contributed by atoms with van der Waals surface area (Å²) >= 11 is 0. The third kappa shape index (κ3) is 10.1. The van der Waals surface area contributed by atoms with Gasteiger partial charge in [-0.3, -0.25) is 0 Å². The van der Waals surface area contributed by atoms with Gasteiger partial charge in [0.2, 0.25) is 0 Å². The van der Waals surface area contributed by atoms with Crippen molar-refractivity contribution in [2.75, 3.05) is 11.5 Å². The normalized spacial score (nSPS) is 13.8. The molecule has 1 heterocycles. The second kappa shape index (κ2) is 23.4. The summed E-state index contributed by atoms with van der Waals surface area (Å²) in [5.41, 5.74) is 22.6. The molecule has 0 radical (unpaired) electrons. The van der Waals surface area contributed by atoms with Gasteiger partial charge in [-0.25, -0.2) is 0 Å². The van der Waals surface area contributed by atoms with Gasteiger partial charge in [0.1, 0.15) is 5.75 Å². The van der Waals surface area contributed by atoms with Crippen LogP contribution < -0.4 is 9.64 Å². The lowest BCUT2D eigenvalue weighted by Crippen LogP contribution is -2.27. The van der Waals surface area contributed by atoms with Gasteiger partial charge in [-0.15, -0.1) is 0 Å². The standard InChI is InChI=1S/C83H68N2O/c1-4-58-29-33-61(34-30-58)64-37-38-66-53-74(47-41-65(66)52-64)86-57-60(6-3)20-18-19-51-83(69-21-10-7-11-22-69)79-28-17-16-27-75(79)76-48-46-73(56-80(76)83)84(70-23-12-8-13-24-70)72-44-39-63(40-45-72)68-43-50-82-78(55-68)77-54-67(62-35-31-59(5-2)32-36-62)42-49-81(77)85(82)71-25-14-9-15-26-71/h4-5,7-17,21-50,52-56,60H,1-2,6,18-20,51,57H2,3H3. The summed E-state index contributed by atoms with van der Waals surface area (Å²) in [6.45, 7) is 10.9. The van der Waals surface area contributed by atoms with Gasteiger partial charge in [0.15, 0.2) is 0 Å². The predicted molar refractivity (Wildman–Crippen MR) is 365 cm³/mol. The molecule has 1 aliphatic rings. The lowest BCUT2D eigenvalue weighted by atomic mass is 9.69. The van der Waals surface area contributed by atoms with Crippen LogP contribution in [0.25, 0.3) is 94.9 Å². The fraction of sp³-hybridized carbons (Fsp3) is 0.108. The molecule has 12 aromatic carbocycles. The Morgan fingerprint density at radius 3 is 1.59 bits per heavy atom. The number of unbranched alkanes of at least 4 members (excludes halogenated alkanes) is 1. The van der Waals surface area contributed by atoms with E-state index in [9.17, 15) is 0 Å². The molecule has 1 aromatic heterocycles.